The molecule has 0 aromatic heterocycles. The molecule has 1 nitrogen and oxygen atoms in total. The summed E-state index contributed by atoms with van der Waals surface area (Å²) in [5.74, 6) is 16.9. The van der Waals surface area contributed by atoms with Gasteiger partial charge in [0.25, 0.3) is 0 Å². The largest absolute Gasteiger partial charge is 0.403 e. The van der Waals surface area contributed by atoms with Gasteiger partial charge in [-0.2, -0.15) is 4.39 Å². The zero-order valence-corrected chi connectivity index (χ0v) is 24.5. The van der Waals surface area contributed by atoms with Gasteiger partial charge in [0.1, 0.15) is 11.9 Å². The number of halogens is 3. The fourth-order valence-electron chi connectivity index (χ4n) is 6.50. The van der Waals surface area contributed by atoms with Crippen LogP contribution < -0.4 is 4.74 Å². The van der Waals surface area contributed by atoms with Crippen molar-refractivity contribution in [3.8, 4) is 64.4 Å². The van der Waals surface area contributed by atoms with E-state index in [0.29, 0.717) is 5.56 Å². The van der Waals surface area contributed by atoms with E-state index in [9.17, 15) is 8.78 Å². The van der Waals surface area contributed by atoms with Crippen molar-refractivity contribution < 1.29 is 20.8 Å². The first kappa shape index (κ1) is 31.0. The first-order valence-corrected chi connectivity index (χ1v) is 15.0. The Morgan fingerprint density at radius 3 is 2.14 bits per heavy atom. The fourth-order valence-corrected chi connectivity index (χ4v) is 6.50. The van der Waals surface area contributed by atoms with Gasteiger partial charge in [0.2, 0.25) is 5.82 Å². The summed E-state index contributed by atoms with van der Waals surface area (Å²) in [5, 5.41) is 0. The highest BCUT2D eigenvalue weighted by Crippen LogP contribution is 2.45. The zero-order chi connectivity index (χ0) is 29.7. The third-order valence-corrected chi connectivity index (χ3v) is 8.75. The molecule has 2 aliphatic rings. The van der Waals surface area contributed by atoms with E-state index < -0.39 is 11.6 Å². The molecular weight excluding hydrogens is 529 g/mol. The second-order valence-corrected chi connectivity index (χ2v) is 11.2. The zero-order valence-electron chi connectivity index (χ0n) is 24.5. The number of hydrogen-bond acceptors (Lipinski definition) is 1. The molecular formula is C38H41F3O. The Morgan fingerprint density at radius 2 is 1.48 bits per heavy atom. The van der Waals surface area contributed by atoms with E-state index in [2.05, 4.69) is 66.6 Å². The lowest BCUT2D eigenvalue weighted by molar-refractivity contribution is 0.156. The fraction of sp³-hybridized carbons (Fsp3) is 0.421. The third-order valence-electron chi connectivity index (χ3n) is 8.75. The summed E-state index contributed by atoms with van der Waals surface area (Å²) in [6.07, 6.45) is 18.7. The molecule has 0 N–H and O–H groups in total. The lowest BCUT2D eigenvalue weighted by Crippen LogP contribution is -2.25. The van der Waals surface area contributed by atoms with Crippen LogP contribution in [0.25, 0.3) is 11.1 Å². The lowest BCUT2D eigenvalue weighted by Gasteiger charge is -2.38. The van der Waals surface area contributed by atoms with Gasteiger partial charge in [-0.15, -0.1) is 0 Å². The van der Waals surface area contributed by atoms with Crippen molar-refractivity contribution in [1.82, 2.24) is 0 Å². The van der Waals surface area contributed by atoms with Gasteiger partial charge in [-0.05, 0) is 136 Å². The van der Waals surface area contributed by atoms with Crippen molar-refractivity contribution in [3.63, 3.8) is 0 Å². The van der Waals surface area contributed by atoms with Gasteiger partial charge < -0.3 is 4.74 Å². The molecule has 2 saturated carbocycles. The van der Waals surface area contributed by atoms with E-state index in [1.807, 2.05) is 0 Å². The molecule has 2 aliphatic carbocycles. The molecule has 0 heterocycles. The van der Waals surface area contributed by atoms with Crippen molar-refractivity contribution in [2.75, 3.05) is 0 Å². The number of benzene rings is 2. The van der Waals surface area contributed by atoms with Gasteiger partial charge in [0.15, 0.2) is 11.6 Å². The maximum absolute atomic E-state index is 15.3. The maximum Gasteiger partial charge on any atom is 0.203 e. The van der Waals surface area contributed by atoms with Crippen LogP contribution in [0.5, 0.6) is 5.75 Å². The minimum atomic E-state index is -1.19. The average molecular weight is 571 g/mol. The standard InChI is InChI=1S/C38H37F3O.2H2/c1-3-5-7-8-9-10-12-26-42-36-25-24-34(37(40)38(36)41)32-22-23-33(35(39)27-32)31-20-18-30(19-21-31)29-16-14-28(15-17-29)13-11-6-4-2;;/h4,6,22-25,27-31H,11,13-21H2,1-2H3;2*1H/b6-4+;;. The van der Waals surface area contributed by atoms with E-state index >= 15 is 4.39 Å². The van der Waals surface area contributed by atoms with Crippen LogP contribution in [0.4, 0.5) is 13.2 Å². The second kappa shape index (κ2) is 15.9. The van der Waals surface area contributed by atoms with Crippen LogP contribution in [-0.2, 0) is 0 Å². The Kier molecular flexibility index (Phi) is 11.7. The number of hydrogen-bond donors (Lipinski definition) is 0. The van der Waals surface area contributed by atoms with Crippen molar-refractivity contribution in [2.45, 2.75) is 84.0 Å². The van der Waals surface area contributed by atoms with E-state index in [4.69, 9.17) is 4.74 Å². The molecule has 2 aromatic rings. The molecule has 0 amide bonds. The van der Waals surface area contributed by atoms with Crippen molar-refractivity contribution in [3.05, 3.63) is 65.5 Å². The van der Waals surface area contributed by atoms with Crippen LogP contribution in [-0.4, -0.2) is 0 Å². The van der Waals surface area contributed by atoms with Crippen LogP contribution in [0.3, 0.4) is 0 Å². The molecule has 0 radical (unpaired) electrons. The summed E-state index contributed by atoms with van der Waals surface area (Å²) in [6, 6.07) is 7.37. The molecule has 0 bridgehead atoms. The van der Waals surface area contributed by atoms with Gasteiger partial charge in [-0.3, -0.25) is 0 Å². The summed E-state index contributed by atoms with van der Waals surface area (Å²) in [5.41, 5.74) is 0.925. The Bertz CT molecular complexity index is 1520. The van der Waals surface area contributed by atoms with Crippen LogP contribution in [0.15, 0.2) is 42.5 Å². The molecule has 0 saturated heterocycles. The Labute approximate surface area is 252 Å². The third kappa shape index (κ3) is 8.28. The molecule has 220 valence electrons. The molecule has 0 aliphatic heterocycles. The Balaban J connectivity index is 0.00000337. The van der Waals surface area contributed by atoms with Crippen LogP contribution >= 0.6 is 0 Å². The van der Waals surface area contributed by atoms with Crippen molar-refractivity contribution in [2.24, 2.45) is 17.8 Å². The maximum atomic E-state index is 15.3. The second-order valence-electron chi connectivity index (χ2n) is 11.2. The highest BCUT2D eigenvalue weighted by Gasteiger charge is 2.32. The monoisotopic (exact) mass is 570 g/mol. The van der Waals surface area contributed by atoms with Gasteiger partial charge in [0, 0.05) is 26.2 Å². The van der Waals surface area contributed by atoms with Gasteiger partial charge >= 0.3 is 0 Å². The van der Waals surface area contributed by atoms with Gasteiger partial charge in [-0.25, -0.2) is 8.78 Å². The summed E-state index contributed by atoms with van der Waals surface area (Å²) in [6.45, 7) is 3.74. The molecule has 4 heteroatoms. The molecule has 0 atom stereocenters. The molecule has 0 unspecified atom stereocenters. The van der Waals surface area contributed by atoms with E-state index in [1.54, 1.807) is 19.1 Å². The van der Waals surface area contributed by atoms with Gasteiger partial charge in [0.05, 0.1) is 0 Å². The van der Waals surface area contributed by atoms with Crippen LogP contribution in [0.1, 0.15) is 92.4 Å². The average Bonchev–Trinajstić information content (AvgIpc) is 3.01. The molecule has 42 heavy (non-hydrogen) atoms. The summed E-state index contributed by atoms with van der Waals surface area (Å²) in [7, 11) is 0. The highest BCUT2D eigenvalue weighted by molar-refractivity contribution is 5.66. The quantitative estimate of drug-likeness (QED) is 0.238. The first-order valence-electron chi connectivity index (χ1n) is 15.0. The Hall–Kier alpha value is -3.99. The molecule has 0 spiro atoms. The number of ether oxygens (including phenoxy) is 1. The minimum absolute atomic E-state index is 0. The predicted molar refractivity (Wildman–Crippen MR) is 168 cm³/mol. The Morgan fingerprint density at radius 1 is 0.810 bits per heavy atom. The molecule has 2 fully saturated rings. The van der Waals surface area contributed by atoms with Crippen LogP contribution in [0, 0.1) is 82.8 Å². The number of allylic oxidation sites excluding steroid dienone is 2. The van der Waals surface area contributed by atoms with Crippen molar-refractivity contribution >= 4 is 0 Å². The SMILES string of the molecule is CC#CC#CC#CC#COc1ccc(-c2ccc(C3CCC(C4CCC(CC/C=C/C)CC4)CC3)c(F)c2)c(F)c1F.[HH].[HH]. The molecule has 2 aromatic carbocycles. The van der Waals surface area contributed by atoms with Gasteiger partial charge in [-0.1, -0.05) is 43.0 Å². The van der Waals surface area contributed by atoms with Crippen LogP contribution in [0.2, 0.25) is 0 Å². The highest BCUT2D eigenvalue weighted by atomic mass is 19.2. The first-order chi connectivity index (χ1) is 20.5. The molecule has 4 rings (SSSR count). The summed E-state index contributed by atoms with van der Waals surface area (Å²) in [4.78, 5) is 0. The topological polar surface area (TPSA) is 9.23 Å². The summed E-state index contributed by atoms with van der Waals surface area (Å²) >= 11 is 0. The predicted octanol–water partition coefficient (Wildman–Crippen LogP) is 10.1. The normalized spacial score (nSPS) is 21.5. The van der Waals surface area contributed by atoms with E-state index in [-0.39, 0.29) is 31.5 Å². The van der Waals surface area contributed by atoms with E-state index in [0.717, 1.165) is 43.4 Å². The number of rotatable bonds is 7. The van der Waals surface area contributed by atoms with E-state index in [1.165, 1.54) is 56.7 Å². The smallest absolute Gasteiger partial charge is 0.203 e. The summed E-state index contributed by atoms with van der Waals surface area (Å²) < 4.78 is 49.9. The van der Waals surface area contributed by atoms with Crippen molar-refractivity contribution in [1.29, 1.82) is 0 Å². The minimum Gasteiger partial charge on any atom is -0.403 e. The lowest BCUT2D eigenvalue weighted by atomic mass is 9.68.